The maximum Gasteiger partial charge on any atom is 0.472 e. The van der Waals surface area contributed by atoms with E-state index in [9.17, 15) is 19.0 Å². The molecule has 2 atom stereocenters. The lowest BCUT2D eigenvalue weighted by Crippen LogP contribution is -2.37. The van der Waals surface area contributed by atoms with Crippen LogP contribution in [0.5, 0.6) is 0 Å². The first kappa shape index (κ1) is 84.6. The minimum absolute atomic E-state index is 0.0124. The van der Waals surface area contributed by atoms with Gasteiger partial charge in [-0.25, -0.2) is 4.57 Å². The van der Waals surface area contributed by atoms with Crippen LogP contribution in [0.15, 0.2) is 207 Å². The van der Waals surface area contributed by atoms with Crippen molar-refractivity contribution in [1.82, 2.24) is 0 Å². The van der Waals surface area contributed by atoms with Gasteiger partial charge in [0.2, 0.25) is 0 Å². The number of carbonyl (C=O) groups is 2. The second kappa shape index (κ2) is 68.0. The lowest BCUT2D eigenvalue weighted by Gasteiger charge is -2.24. The molecule has 0 spiro atoms. The molecule has 0 aromatic carbocycles. The summed E-state index contributed by atoms with van der Waals surface area (Å²) in [6.07, 6.45) is 108. The van der Waals surface area contributed by atoms with Crippen LogP contribution in [0.1, 0.15) is 232 Å². The summed E-state index contributed by atoms with van der Waals surface area (Å²) in [5, 5.41) is 0. The van der Waals surface area contributed by atoms with E-state index in [1.54, 1.807) is 0 Å². The fourth-order valence-electron chi connectivity index (χ4n) is 8.55. The molecule has 0 fully saturated rings. The number of allylic oxidation sites excluding steroid dienone is 34. The molecule has 1 N–H and O–H groups in total. The van der Waals surface area contributed by atoms with Crippen LogP contribution >= 0.6 is 7.82 Å². The van der Waals surface area contributed by atoms with Crippen LogP contribution < -0.4 is 0 Å². The fraction of sp³-hybridized carbons (Fsp3) is 0.550. The third kappa shape index (κ3) is 71.7. The van der Waals surface area contributed by atoms with Crippen LogP contribution in [0.25, 0.3) is 0 Å². The molecule has 0 bridgehead atoms. The van der Waals surface area contributed by atoms with E-state index in [4.69, 9.17) is 18.5 Å². The molecule has 10 heteroatoms. The first-order valence-electron chi connectivity index (χ1n) is 34.8. The van der Waals surface area contributed by atoms with Gasteiger partial charge in [-0.1, -0.05) is 278 Å². The smallest absolute Gasteiger partial charge is 0.462 e. The fourth-order valence-corrected chi connectivity index (χ4v) is 9.29. The van der Waals surface area contributed by atoms with Gasteiger partial charge in [0.1, 0.15) is 19.8 Å². The number of phosphoric acid groups is 1. The molecule has 0 heterocycles. The van der Waals surface area contributed by atoms with Crippen molar-refractivity contribution in [2.24, 2.45) is 0 Å². The quantitative estimate of drug-likeness (QED) is 0.0211. The van der Waals surface area contributed by atoms with Crippen molar-refractivity contribution in [3.63, 3.8) is 0 Å². The molecule has 0 saturated carbocycles. The zero-order chi connectivity index (χ0) is 65.5. The predicted octanol–water partition coefficient (Wildman–Crippen LogP) is 23.0. The number of likely N-dealkylation sites (N-methyl/N-ethyl adjacent to an activating group) is 1. The van der Waals surface area contributed by atoms with Crippen LogP contribution in [-0.2, 0) is 32.7 Å². The molecule has 0 aromatic heterocycles. The summed E-state index contributed by atoms with van der Waals surface area (Å²) in [5.74, 6) is -0.868. The first-order valence-corrected chi connectivity index (χ1v) is 36.3. The van der Waals surface area contributed by atoms with Gasteiger partial charge in [0.05, 0.1) is 27.7 Å². The normalized spacial score (nSPS) is 14.4. The highest BCUT2D eigenvalue weighted by Gasteiger charge is 2.27. The highest BCUT2D eigenvalue weighted by molar-refractivity contribution is 7.47. The number of carbonyl (C=O) groups excluding carboxylic acids is 2. The summed E-state index contributed by atoms with van der Waals surface area (Å²) in [6.45, 7) is 4.12. The molecule has 2 unspecified atom stereocenters. The van der Waals surface area contributed by atoms with Gasteiger partial charge < -0.3 is 18.9 Å². The zero-order valence-corrected chi connectivity index (χ0v) is 58.2. The molecule has 0 amide bonds. The van der Waals surface area contributed by atoms with E-state index in [1.807, 2.05) is 21.1 Å². The molecule has 504 valence electrons. The van der Waals surface area contributed by atoms with E-state index in [0.29, 0.717) is 23.9 Å². The molecule has 9 nitrogen and oxygen atoms in total. The van der Waals surface area contributed by atoms with Crippen LogP contribution in [0, 0.1) is 0 Å². The number of unbranched alkanes of at least 4 members (excludes halogenated alkanes) is 13. The Bertz CT molecular complexity index is 2270. The number of hydrogen-bond acceptors (Lipinski definition) is 7. The summed E-state index contributed by atoms with van der Waals surface area (Å²) < 4.78 is 34.6. The van der Waals surface area contributed by atoms with Crippen LogP contribution in [0.4, 0.5) is 0 Å². The van der Waals surface area contributed by atoms with Crippen molar-refractivity contribution in [1.29, 1.82) is 0 Å². The largest absolute Gasteiger partial charge is 0.472 e. The topological polar surface area (TPSA) is 108 Å². The minimum atomic E-state index is -4.42. The van der Waals surface area contributed by atoms with Crippen LogP contribution in [0.2, 0.25) is 0 Å². The Morgan fingerprint density at radius 3 is 0.911 bits per heavy atom. The number of rotatable bonds is 61. The molecule has 0 aliphatic carbocycles. The van der Waals surface area contributed by atoms with Gasteiger partial charge in [0.15, 0.2) is 6.10 Å². The molecule has 90 heavy (non-hydrogen) atoms. The van der Waals surface area contributed by atoms with Gasteiger partial charge in [-0.05, 0) is 148 Å². The molecule has 0 saturated heterocycles. The van der Waals surface area contributed by atoms with E-state index in [1.165, 1.54) is 44.9 Å². The highest BCUT2D eigenvalue weighted by atomic mass is 31.2. The van der Waals surface area contributed by atoms with Crippen LogP contribution in [0.3, 0.4) is 0 Å². The van der Waals surface area contributed by atoms with Gasteiger partial charge in [-0.15, -0.1) is 0 Å². The molecule has 0 radical (unpaired) electrons. The van der Waals surface area contributed by atoms with Gasteiger partial charge in [-0.3, -0.25) is 18.6 Å². The van der Waals surface area contributed by atoms with E-state index in [2.05, 4.69) is 220 Å². The van der Waals surface area contributed by atoms with Gasteiger partial charge in [-0.2, -0.15) is 0 Å². The van der Waals surface area contributed by atoms with Crippen molar-refractivity contribution in [2.45, 2.75) is 238 Å². The lowest BCUT2D eigenvalue weighted by molar-refractivity contribution is -0.870. The Morgan fingerprint density at radius 1 is 0.344 bits per heavy atom. The molecule has 0 rings (SSSR count). The van der Waals surface area contributed by atoms with Crippen molar-refractivity contribution in [2.75, 3.05) is 47.5 Å². The Labute approximate surface area is 551 Å². The van der Waals surface area contributed by atoms with Crippen molar-refractivity contribution < 1.29 is 42.1 Å². The Hall–Kier alpha value is -5.41. The Balaban J connectivity index is 4.20. The number of quaternary nitrogens is 1. The predicted molar refractivity (Wildman–Crippen MR) is 389 cm³/mol. The molecule has 0 aromatic rings. The highest BCUT2D eigenvalue weighted by Crippen LogP contribution is 2.43. The molecular formula is C80H127NO8P+. The number of phosphoric ester groups is 1. The van der Waals surface area contributed by atoms with Crippen molar-refractivity contribution >= 4 is 19.8 Å². The first-order chi connectivity index (χ1) is 44.0. The number of hydrogen-bond donors (Lipinski definition) is 1. The average molecular weight is 1260 g/mol. The monoisotopic (exact) mass is 1260 g/mol. The molecule has 0 aliphatic rings. The standard InChI is InChI=1S/C80H126NO8P/c1-6-8-10-12-14-16-18-20-22-24-26-28-30-32-34-35-36-37-38-39-40-41-42-43-44-45-47-49-51-53-55-57-59-61-63-65-67-69-71-73-80(83)89-78(77-88-90(84,85)87-75-74-81(3,4)5)76-86-79(82)72-70-68-66-64-62-60-58-56-54-52-50-48-46-33-31-29-27-25-23-21-19-17-15-13-11-9-7-2/h8-11,14-17,20-23,26-29,32-34,36-37,39-40,42-43,45-47,50,52,56,58,62,64,78H,6-7,12-13,18-19,24-25,30-31,35,38,41,44,48-49,51,53-55,57,59-61,63,65-77H2,1-5H3/p+1/b10-8-,11-9-,16-14-,17-15-,22-20-,23-21-,28-26-,29-27-,34-32-,37-36-,40-39-,43-42-,46-33-,47-45-,52-50-,58-56-,64-62-. The van der Waals surface area contributed by atoms with Crippen molar-refractivity contribution in [3.8, 4) is 0 Å². The Kier molecular flexibility index (Phi) is 63.9. The molecular weight excluding hydrogens is 1130 g/mol. The maximum atomic E-state index is 12.9. The van der Waals surface area contributed by atoms with Gasteiger partial charge in [0.25, 0.3) is 0 Å². The second-order valence-electron chi connectivity index (χ2n) is 23.4. The average Bonchev–Trinajstić information content (AvgIpc) is 3.58. The SMILES string of the molecule is CC/C=C\C/C=C\C/C=C\C/C=C\C/C=C\C/C=C\C/C=C\C/C=C\C/C=C\CCCCCCCCCCCCCC(=O)OC(COC(=O)CCCC/C=C\C/C=C\C/C=C\C/C=C\C/C=C\C/C=C\C/C=C\C/C=C\CC)COP(=O)(O)OCC[N+](C)(C)C. The molecule has 0 aliphatic heterocycles. The summed E-state index contributed by atoms with van der Waals surface area (Å²) in [7, 11) is 1.42. The third-order valence-electron chi connectivity index (χ3n) is 13.8. The van der Waals surface area contributed by atoms with Crippen LogP contribution in [-0.4, -0.2) is 74.9 Å². The van der Waals surface area contributed by atoms with E-state index in [0.717, 1.165) is 148 Å². The summed E-state index contributed by atoms with van der Waals surface area (Å²) in [5.41, 5.74) is 0. The second-order valence-corrected chi connectivity index (χ2v) is 24.9. The van der Waals surface area contributed by atoms with Crippen molar-refractivity contribution in [3.05, 3.63) is 207 Å². The maximum absolute atomic E-state index is 12.9. The third-order valence-corrected chi connectivity index (χ3v) is 14.8. The van der Waals surface area contributed by atoms with Gasteiger partial charge in [0, 0.05) is 12.8 Å². The zero-order valence-electron chi connectivity index (χ0n) is 57.3. The number of esters is 2. The Morgan fingerprint density at radius 2 is 0.600 bits per heavy atom. The summed E-state index contributed by atoms with van der Waals surface area (Å²) >= 11 is 0. The van der Waals surface area contributed by atoms with E-state index in [-0.39, 0.29) is 26.1 Å². The lowest BCUT2D eigenvalue weighted by atomic mass is 10.0. The summed E-state index contributed by atoms with van der Waals surface area (Å²) in [4.78, 5) is 35.8. The van der Waals surface area contributed by atoms with Gasteiger partial charge >= 0.3 is 19.8 Å². The van der Waals surface area contributed by atoms with E-state index < -0.39 is 32.5 Å². The summed E-state index contributed by atoms with van der Waals surface area (Å²) in [6, 6.07) is 0. The number of ether oxygens (including phenoxy) is 2. The van der Waals surface area contributed by atoms with E-state index >= 15 is 0 Å². The number of nitrogens with zero attached hydrogens (tertiary/aromatic N) is 1. The minimum Gasteiger partial charge on any atom is -0.462 e.